The molecule has 0 atom stereocenters. The van der Waals surface area contributed by atoms with Crippen LogP contribution in [0.1, 0.15) is 11.4 Å². The topological polar surface area (TPSA) is 92.4 Å². The second-order valence-electron chi connectivity index (χ2n) is 7.41. The van der Waals surface area contributed by atoms with Gasteiger partial charge >= 0.3 is 18.4 Å². The van der Waals surface area contributed by atoms with Crippen LogP contribution in [0.15, 0.2) is 24.5 Å². The van der Waals surface area contributed by atoms with E-state index in [4.69, 9.17) is 0 Å². The number of anilines is 1. The molecule has 0 bridgehead atoms. The number of urea groups is 1. The van der Waals surface area contributed by atoms with E-state index in [0.717, 1.165) is 12.4 Å². The predicted octanol–water partition coefficient (Wildman–Crippen LogP) is 2.56. The van der Waals surface area contributed by atoms with Crippen LogP contribution in [-0.4, -0.2) is 62.0 Å². The lowest BCUT2D eigenvalue weighted by molar-refractivity contribution is -0.142. The summed E-state index contributed by atoms with van der Waals surface area (Å²) >= 11 is 0. The van der Waals surface area contributed by atoms with Crippen LogP contribution in [0.4, 0.5) is 41.3 Å². The number of carbonyl (C=O) groups excluding carboxylic acids is 1. The number of likely N-dealkylation sites (tertiary alicyclic amines) is 1. The van der Waals surface area contributed by atoms with Gasteiger partial charge in [-0.05, 0) is 0 Å². The highest BCUT2D eigenvalue weighted by Crippen LogP contribution is 2.34. The molecule has 1 saturated heterocycles. The molecule has 4 rings (SSSR count). The smallest absolute Gasteiger partial charge is 0.367 e. The van der Waals surface area contributed by atoms with Gasteiger partial charge in [-0.1, -0.05) is 0 Å². The fraction of sp³-hybridized carbons (Fsp3) is 0.412. The molecule has 0 radical (unpaired) electrons. The molecule has 16 heteroatoms. The Morgan fingerprint density at radius 1 is 1.12 bits per heavy atom. The normalized spacial score (nSPS) is 16.1. The summed E-state index contributed by atoms with van der Waals surface area (Å²) in [5, 5.41) is 12.3. The first kappa shape index (κ1) is 22.6. The van der Waals surface area contributed by atoms with Crippen molar-refractivity contribution < 1.29 is 35.5 Å². The van der Waals surface area contributed by atoms with Gasteiger partial charge in [-0.2, -0.15) is 41.1 Å². The Kier molecular flexibility index (Phi) is 5.12. The number of nitrogens with zero attached hydrogens (tertiary/aromatic N) is 6. The number of aromatic nitrogens is 5. The van der Waals surface area contributed by atoms with Crippen LogP contribution in [0.25, 0.3) is 5.65 Å². The molecule has 0 saturated carbocycles. The van der Waals surface area contributed by atoms with Crippen molar-refractivity contribution in [1.29, 1.82) is 0 Å². The number of halogens is 7. The molecule has 1 aliphatic heterocycles. The molecular weight excluding hydrogens is 465 g/mol. The zero-order chi connectivity index (χ0) is 24.2. The first-order valence-electron chi connectivity index (χ1n) is 9.29. The molecule has 3 aromatic heterocycles. The van der Waals surface area contributed by atoms with Crippen molar-refractivity contribution in [3.8, 4) is 0 Å². The van der Waals surface area contributed by atoms with Gasteiger partial charge in [-0.15, -0.1) is 0 Å². The van der Waals surface area contributed by atoms with Crippen LogP contribution in [0.2, 0.25) is 0 Å². The summed E-state index contributed by atoms with van der Waals surface area (Å²) in [6.45, 7) is -0.193. The SMILES string of the molecule is CNC(=O)N1CC(CNc2cc(C(F)(F)F)nc3cc(C(F)(F)F)nn23)(n2cc(F)cn2)C1. The van der Waals surface area contributed by atoms with Crippen molar-refractivity contribution in [1.82, 2.24) is 34.6 Å². The highest BCUT2D eigenvalue weighted by atomic mass is 19.4. The van der Waals surface area contributed by atoms with E-state index in [9.17, 15) is 35.5 Å². The van der Waals surface area contributed by atoms with E-state index >= 15 is 0 Å². The van der Waals surface area contributed by atoms with Crippen molar-refractivity contribution in [2.24, 2.45) is 0 Å². The Hall–Kier alpha value is -3.59. The number of alkyl halides is 6. The number of hydrogen-bond donors (Lipinski definition) is 2. The van der Waals surface area contributed by atoms with E-state index < -0.39 is 52.6 Å². The van der Waals surface area contributed by atoms with Gasteiger partial charge in [0.15, 0.2) is 22.9 Å². The minimum Gasteiger partial charge on any atom is -0.367 e. The lowest BCUT2D eigenvalue weighted by Gasteiger charge is -2.49. The van der Waals surface area contributed by atoms with Crippen LogP contribution in [0.3, 0.4) is 0 Å². The van der Waals surface area contributed by atoms with Gasteiger partial charge in [-0.3, -0.25) is 4.68 Å². The Labute approximate surface area is 180 Å². The molecule has 4 heterocycles. The lowest BCUT2D eigenvalue weighted by atomic mass is 9.90. The van der Waals surface area contributed by atoms with Gasteiger partial charge < -0.3 is 15.5 Å². The minimum atomic E-state index is -4.93. The van der Waals surface area contributed by atoms with E-state index in [-0.39, 0.29) is 19.6 Å². The maximum absolute atomic E-state index is 13.6. The number of amides is 2. The molecule has 0 spiro atoms. The number of hydrogen-bond acceptors (Lipinski definition) is 5. The van der Waals surface area contributed by atoms with Crippen LogP contribution >= 0.6 is 0 Å². The van der Waals surface area contributed by atoms with Gasteiger partial charge in [0.25, 0.3) is 0 Å². The zero-order valence-corrected chi connectivity index (χ0v) is 16.7. The fourth-order valence-corrected chi connectivity index (χ4v) is 3.50. The predicted molar refractivity (Wildman–Crippen MR) is 97.7 cm³/mol. The van der Waals surface area contributed by atoms with E-state index in [0.29, 0.717) is 16.6 Å². The molecule has 0 aliphatic carbocycles. The van der Waals surface area contributed by atoms with Gasteiger partial charge in [-0.25, -0.2) is 14.2 Å². The average Bonchev–Trinajstić information content (AvgIpc) is 3.32. The van der Waals surface area contributed by atoms with Gasteiger partial charge in [0.1, 0.15) is 11.4 Å². The molecule has 178 valence electrons. The molecule has 2 amide bonds. The standard InChI is InChI=1S/C17H15F7N8O/c1-25-14(33)30-7-15(8-30,31-5-9(18)4-27-31)6-26-12-2-10(16(19,20)21)28-13-3-11(17(22,23)24)29-32(12)13/h2-5,26H,6-8H2,1H3,(H,25,33). The molecule has 9 nitrogen and oxygen atoms in total. The molecule has 2 N–H and O–H groups in total. The Morgan fingerprint density at radius 2 is 1.79 bits per heavy atom. The van der Waals surface area contributed by atoms with Crippen LogP contribution < -0.4 is 10.6 Å². The average molecular weight is 480 g/mol. The molecule has 3 aromatic rings. The monoisotopic (exact) mass is 480 g/mol. The minimum absolute atomic E-state index is 0.00799. The van der Waals surface area contributed by atoms with Gasteiger partial charge in [0.05, 0.1) is 25.5 Å². The van der Waals surface area contributed by atoms with Crippen molar-refractivity contribution >= 4 is 17.5 Å². The zero-order valence-electron chi connectivity index (χ0n) is 16.7. The largest absolute Gasteiger partial charge is 0.435 e. The van der Waals surface area contributed by atoms with Crippen molar-refractivity contribution in [2.45, 2.75) is 17.9 Å². The first-order chi connectivity index (χ1) is 15.3. The van der Waals surface area contributed by atoms with Crippen LogP contribution in [0.5, 0.6) is 0 Å². The molecule has 1 fully saturated rings. The maximum atomic E-state index is 13.6. The summed E-state index contributed by atoms with van der Waals surface area (Å²) < 4.78 is 94.4. The van der Waals surface area contributed by atoms with E-state index in [1.165, 1.54) is 16.6 Å². The number of fused-ring (bicyclic) bond motifs is 1. The third-order valence-corrected chi connectivity index (χ3v) is 5.12. The highest BCUT2D eigenvalue weighted by molar-refractivity contribution is 5.75. The summed E-state index contributed by atoms with van der Waals surface area (Å²) in [7, 11) is 1.40. The van der Waals surface area contributed by atoms with E-state index in [2.05, 4.69) is 25.8 Å². The molecule has 33 heavy (non-hydrogen) atoms. The van der Waals surface area contributed by atoms with Crippen LogP contribution in [0, 0.1) is 5.82 Å². The Bertz CT molecular complexity index is 1190. The molecule has 0 unspecified atom stereocenters. The summed E-state index contributed by atoms with van der Waals surface area (Å²) in [5.41, 5.74) is -4.59. The van der Waals surface area contributed by atoms with Gasteiger partial charge in [0.2, 0.25) is 0 Å². The third kappa shape index (κ3) is 4.11. The van der Waals surface area contributed by atoms with E-state index in [1.807, 2.05) is 0 Å². The second kappa shape index (κ2) is 7.48. The quantitative estimate of drug-likeness (QED) is 0.561. The number of rotatable bonds is 4. The highest BCUT2D eigenvalue weighted by Gasteiger charge is 2.48. The summed E-state index contributed by atoms with van der Waals surface area (Å²) in [4.78, 5) is 16.4. The van der Waals surface area contributed by atoms with Crippen molar-refractivity contribution in [2.75, 3.05) is 32.0 Å². The summed E-state index contributed by atoms with van der Waals surface area (Å²) in [5.74, 6) is -1.10. The molecular formula is C17H15F7N8O. The maximum Gasteiger partial charge on any atom is 0.435 e. The number of carbonyl (C=O) groups is 1. The van der Waals surface area contributed by atoms with Crippen molar-refractivity contribution in [3.63, 3.8) is 0 Å². The third-order valence-electron chi connectivity index (χ3n) is 5.12. The first-order valence-corrected chi connectivity index (χ1v) is 9.29. The molecule has 0 aromatic carbocycles. The van der Waals surface area contributed by atoms with Crippen molar-refractivity contribution in [3.05, 3.63) is 41.7 Å². The Balaban J connectivity index is 1.70. The summed E-state index contributed by atoms with van der Waals surface area (Å²) in [6, 6.07) is 0.480. The van der Waals surface area contributed by atoms with Crippen LogP contribution in [-0.2, 0) is 17.9 Å². The fourth-order valence-electron chi connectivity index (χ4n) is 3.50. The lowest BCUT2D eigenvalue weighted by Crippen LogP contribution is -2.68. The number of nitrogens with one attached hydrogen (secondary N) is 2. The van der Waals surface area contributed by atoms with Gasteiger partial charge in [0, 0.05) is 25.7 Å². The molecule has 1 aliphatic rings. The Morgan fingerprint density at radius 3 is 2.33 bits per heavy atom. The second-order valence-corrected chi connectivity index (χ2v) is 7.41. The van der Waals surface area contributed by atoms with E-state index in [1.54, 1.807) is 0 Å². The summed E-state index contributed by atoms with van der Waals surface area (Å²) in [6.07, 6.45) is -7.88.